The van der Waals surface area contributed by atoms with Crippen LogP contribution >= 0.6 is 0 Å². The standard InChI is InChI=1S/C21H27N3O5/c1-2-28-21-6-4-3-5-20(21)23-13-11-22(12-14-23)15-18(25)16-29-19-9-7-17(8-10-19)24(26)27/h3-10,18,25H,2,11-16H2,1H3. The Morgan fingerprint density at radius 2 is 1.76 bits per heavy atom. The van der Waals surface area contributed by atoms with Gasteiger partial charge >= 0.3 is 0 Å². The van der Waals surface area contributed by atoms with Crippen molar-refractivity contribution in [2.75, 3.05) is 50.8 Å². The van der Waals surface area contributed by atoms with Gasteiger partial charge in [-0.3, -0.25) is 15.0 Å². The first-order valence-corrected chi connectivity index (χ1v) is 9.81. The summed E-state index contributed by atoms with van der Waals surface area (Å²) in [6, 6.07) is 13.9. The molecule has 2 aromatic carbocycles. The van der Waals surface area contributed by atoms with E-state index in [1.165, 1.54) is 12.1 Å². The molecule has 1 fully saturated rings. The molecule has 2 aromatic rings. The van der Waals surface area contributed by atoms with Gasteiger partial charge in [0.25, 0.3) is 5.69 Å². The molecule has 0 saturated carbocycles. The number of ether oxygens (including phenoxy) is 2. The first-order valence-electron chi connectivity index (χ1n) is 9.81. The van der Waals surface area contributed by atoms with E-state index in [1.807, 2.05) is 25.1 Å². The normalized spacial score (nSPS) is 15.7. The van der Waals surface area contributed by atoms with Crippen molar-refractivity contribution in [2.24, 2.45) is 0 Å². The first-order chi connectivity index (χ1) is 14.1. The average molecular weight is 401 g/mol. The van der Waals surface area contributed by atoms with Gasteiger partial charge in [0, 0.05) is 44.9 Å². The van der Waals surface area contributed by atoms with Gasteiger partial charge in [-0.15, -0.1) is 0 Å². The van der Waals surface area contributed by atoms with Crippen LogP contribution in [0.3, 0.4) is 0 Å². The molecule has 0 bridgehead atoms. The van der Waals surface area contributed by atoms with E-state index in [4.69, 9.17) is 9.47 Å². The maximum Gasteiger partial charge on any atom is 0.269 e. The molecule has 29 heavy (non-hydrogen) atoms. The Bertz CT molecular complexity index is 791. The van der Waals surface area contributed by atoms with Crippen LogP contribution in [0.5, 0.6) is 11.5 Å². The summed E-state index contributed by atoms with van der Waals surface area (Å²) in [5, 5.41) is 21.0. The van der Waals surface area contributed by atoms with E-state index in [-0.39, 0.29) is 12.3 Å². The number of nitrogens with zero attached hydrogens (tertiary/aromatic N) is 3. The van der Waals surface area contributed by atoms with E-state index in [0.29, 0.717) is 18.9 Å². The van der Waals surface area contributed by atoms with Gasteiger partial charge in [0.2, 0.25) is 0 Å². The molecule has 1 heterocycles. The molecule has 8 heteroatoms. The maximum atomic E-state index is 10.7. The molecule has 8 nitrogen and oxygen atoms in total. The monoisotopic (exact) mass is 401 g/mol. The number of nitro benzene ring substituents is 1. The van der Waals surface area contributed by atoms with Crippen LogP contribution in [0.1, 0.15) is 6.92 Å². The van der Waals surface area contributed by atoms with E-state index in [1.54, 1.807) is 12.1 Å². The van der Waals surface area contributed by atoms with Crippen LogP contribution in [-0.2, 0) is 0 Å². The number of non-ortho nitro benzene ring substituents is 1. The number of anilines is 1. The van der Waals surface area contributed by atoms with Crippen molar-refractivity contribution >= 4 is 11.4 Å². The highest BCUT2D eigenvalue weighted by Crippen LogP contribution is 2.28. The Labute approximate surface area is 170 Å². The number of rotatable bonds is 9. The fraction of sp³-hybridized carbons (Fsp3) is 0.429. The number of hydrogen-bond donors (Lipinski definition) is 1. The molecule has 3 rings (SSSR count). The highest BCUT2D eigenvalue weighted by atomic mass is 16.6. The molecule has 1 saturated heterocycles. The van der Waals surface area contributed by atoms with Crippen molar-refractivity contribution < 1.29 is 19.5 Å². The molecule has 0 radical (unpaired) electrons. The van der Waals surface area contributed by atoms with E-state index in [2.05, 4.69) is 15.9 Å². The SMILES string of the molecule is CCOc1ccccc1N1CCN(CC(O)COc2ccc([N+](=O)[O-])cc2)CC1. The number of benzene rings is 2. The zero-order chi connectivity index (χ0) is 20.6. The Morgan fingerprint density at radius 3 is 2.41 bits per heavy atom. The minimum atomic E-state index is -0.632. The van der Waals surface area contributed by atoms with E-state index >= 15 is 0 Å². The fourth-order valence-corrected chi connectivity index (χ4v) is 3.37. The fourth-order valence-electron chi connectivity index (χ4n) is 3.37. The second-order valence-corrected chi connectivity index (χ2v) is 6.90. The largest absolute Gasteiger partial charge is 0.492 e. The highest BCUT2D eigenvalue weighted by molar-refractivity contribution is 5.58. The highest BCUT2D eigenvalue weighted by Gasteiger charge is 2.21. The molecule has 0 spiro atoms. The molecule has 1 atom stereocenters. The summed E-state index contributed by atoms with van der Waals surface area (Å²) >= 11 is 0. The summed E-state index contributed by atoms with van der Waals surface area (Å²) in [4.78, 5) is 14.7. The van der Waals surface area contributed by atoms with Crippen molar-refractivity contribution in [2.45, 2.75) is 13.0 Å². The second-order valence-electron chi connectivity index (χ2n) is 6.90. The van der Waals surface area contributed by atoms with Crippen LogP contribution in [0.15, 0.2) is 48.5 Å². The number of β-amino-alcohol motifs (C(OH)–C–C–N with tert-alkyl or cyclic N) is 1. The minimum Gasteiger partial charge on any atom is -0.492 e. The predicted molar refractivity (Wildman–Crippen MR) is 111 cm³/mol. The van der Waals surface area contributed by atoms with Crippen molar-refractivity contribution in [3.05, 3.63) is 58.6 Å². The molecule has 0 aromatic heterocycles. The molecule has 1 N–H and O–H groups in total. The Balaban J connectivity index is 1.44. The van der Waals surface area contributed by atoms with Crippen LogP contribution in [0.25, 0.3) is 0 Å². The van der Waals surface area contributed by atoms with Crippen molar-refractivity contribution in [1.82, 2.24) is 4.90 Å². The summed E-state index contributed by atoms with van der Waals surface area (Å²) < 4.78 is 11.3. The van der Waals surface area contributed by atoms with Crippen LogP contribution in [0, 0.1) is 10.1 Å². The van der Waals surface area contributed by atoms with Gasteiger partial charge < -0.3 is 19.5 Å². The number of aliphatic hydroxyl groups is 1. The molecule has 156 valence electrons. The van der Waals surface area contributed by atoms with Gasteiger partial charge in [-0.05, 0) is 31.2 Å². The molecule has 1 aliphatic heterocycles. The van der Waals surface area contributed by atoms with Gasteiger partial charge in [-0.25, -0.2) is 0 Å². The lowest BCUT2D eigenvalue weighted by Crippen LogP contribution is -2.49. The first kappa shape index (κ1) is 20.9. The van der Waals surface area contributed by atoms with Gasteiger partial charge in [-0.1, -0.05) is 12.1 Å². The maximum absolute atomic E-state index is 10.7. The Kier molecular flexibility index (Phi) is 7.26. The van der Waals surface area contributed by atoms with Gasteiger partial charge in [0.1, 0.15) is 24.2 Å². The Hall–Kier alpha value is -2.84. The molecule has 0 amide bonds. The quantitative estimate of drug-likeness (QED) is 0.510. The smallest absolute Gasteiger partial charge is 0.269 e. The zero-order valence-electron chi connectivity index (χ0n) is 16.6. The van der Waals surface area contributed by atoms with Crippen LogP contribution in [0.4, 0.5) is 11.4 Å². The van der Waals surface area contributed by atoms with Gasteiger partial charge in [-0.2, -0.15) is 0 Å². The van der Waals surface area contributed by atoms with E-state index in [0.717, 1.165) is 37.6 Å². The average Bonchev–Trinajstić information content (AvgIpc) is 2.74. The molecule has 1 aliphatic rings. The summed E-state index contributed by atoms with van der Waals surface area (Å²) in [6.07, 6.45) is -0.632. The third-order valence-corrected chi connectivity index (χ3v) is 4.84. The summed E-state index contributed by atoms with van der Waals surface area (Å²) in [6.45, 7) is 6.69. The lowest BCUT2D eigenvalue weighted by molar-refractivity contribution is -0.384. The Morgan fingerprint density at radius 1 is 1.07 bits per heavy atom. The van der Waals surface area contributed by atoms with Gasteiger partial charge in [0.15, 0.2) is 0 Å². The van der Waals surface area contributed by atoms with Crippen LogP contribution < -0.4 is 14.4 Å². The predicted octanol–water partition coefficient (Wildman–Crippen LogP) is 2.56. The molecular weight excluding hydrogens is 374 g/mol. The van der Waals surface area contributed by atoms with E-state index < -0.39 is 11.0 Å². The summed E-state index contributed by atoms with van der Waals surface area (Å²) in [7, 11) is 0. The van der Waals surface area contributed by atoms with Crippen molar-refractivity contribution in [3.8, 4) is 11.5 Å². The molecular formula is C21H27N3O5. The van der Waals surface area contributed by atoms with Crippen molar-refractivity contribution in [3.63, 3.8) is 0 Å². The van der Waals surface area contributed by atoms with Gasteiger partial charge in [0.05, 0.1) is 17.2 Å². The second kappa shape index (κ2) is 10.1. The van der Waals surface area contributed by atoms with Crippen molar-refractivity contribution in [1.29, 1.82) is 0 Å². The third kappa shape index (κ3) is 5.82. The summed E-state index contributed by atoms with van der Waals surface area (Å²) in [5.41, 5.74) is 1.12. The van der Waals surface area contributed by atoms with E-state index in [9.17, 15) is 15.2 Å². The lowest BCUT2D eigenvalue weighted by Gasteiger charge is -2.37. The lowest BCUT2D eigenvalue weighted by atomic mass is 10.2. The molecule has 1 unspecified atom stereocenters. The third-order valence-electron chi connectivity index (χ3n) is 4.84. The zero-order valence-corrected chi connectivity index (χ0v) is 16.6. The number of nitro groups is 1. The topological polar surface area (TPSA) is 88.3 Å². The van der Waals surface area contributed by atoms with Crippen LogP contribution in [-0.4, -0.2) is 67.0 Å². The van der Waals surface area contributed by atoms with Crippen LogP contribution in [0.2, 0.25) is 0 Å². The minimum absolute atomic E-state index is 0.0154. The number of aliphatic hydroxyl groups excluding tert-OH is 1. The number of para-hydroxylation sites is 2. The summed E-state index contributed by atoms with van der Waals surface area (Å²) in [5.74, 6) is 1.41. The number of hydrogen-bond acceptors (Lipinski definition) is 7. The molecule has 0 aliphatic carbocycles. The number of piperazine rings is 1.